The molecule has 0 atom stereocenters. The second-order valence-corrected chi connectivity index (χ2v) is 7.58. The number of rotatable bonds is 10. The number of hydrogen-bond acceptors (Lipinski definition) is 9. The van der Waals surface area contributed by atoms with Crippen molar-refractivity contribution in [3.05, 3.63) is 57.1 Å². The van der Waals surface area contributed by atoms with Gasteiger partial charge < -0.3 is 19.5 Å². The molecule has 1 heterocycles. The summed E-state index contributed by atoms with van der Waals surface area (Å²) in [5.74, 6) is -1.27. The van der Waals surface area contributed by atoms with Crippen molar-refractivity contribution < 1.29 is 28.7 Å². The fourth-order valence-electron chi connectivity index (χ4n) is 2.89. The van der Waals surface area contributed by atoms with Gasteiger partial charge in [0.25, 0.3) is 11.6 Å². The van der Waals surface area contributed by atoms with Gasteiger partial charge in [-0.15, -0.1) is 11.3 Å². The van der Waals surface area contributed by atoms with Crippen LogP contribution in [0.4, 0.5) is 5.69 Å². The first-order valence-corrected chi connectivity index (χ1v) is 10.5. The molecular weight excluding hydrogens is 438 g/mol. The monoisotopic (exact) mass is 459 g/mol. The molecule has 10 nitrogen and oxygen atoms in total. The van der Waals surface area contributed by atoms with Crippen LogP contribution in [0.3, 0.4) is 0 Å². The van der Waals surface area contributed by atoms with Crippen LogP contribution in [-0.4, -0.2) is 48.7 Å². The van der Waals surface area contributed by atoms with Crippen molar-refractivity contribution >= 4 is 39.1 Å². The smallest absolute Gasteiger partial charge is 0.345 e. The number of nitrogens with zero attached hydrogens (tertiary/aromatic N) is 2. The summed E-state index contributed by atoms with van der Waals surface area (Å²) in [6.45, 7) is 1.72. The largest absolute Gasteiger partial charge is 0.493 e. The van der Waals surface area contributed by atoms with E-state index in [0.29, 0.717) is 13.0 Å². The Morgan fingerprint density at radius 2 is 2.00 bits per heavy atom. The van der Waals surface area contributed by atoms with E-state index in [9.17, 15) is 19.7 Å². The minimum atomic E-state index is -1.01. The number of aromatic nitrogens is 1. The van der Waals surface area contributed by atoms with E-state index in [1.165, 1.54) is 13.2 Å². The zero-order chi connectivity index (χ0) is 23.1. The van der Waals surface area contributed by atoms with Gasteiger partial charge in [-0.2, -0.15) is 0 Å². The van der Waals surface area contributed by atoms with E-state index >= 15 is 0 Å². The van der Waals surface area contributed by atoms with Crippen molar-refractivity contribution in [2.45, 2.75) is 13.3 Å². The lowest BCUT2D eigenvalue weighted by molar-refractivity contribution is -0.385. The number of benzene rings is 2. The fourth-order valence-corrected chi connectivity index (χ4v) is 3.85. The minimum Gasteiger partial charge on any atom is -0.493 e. The summed E-state index contributed by atoms with van der Waals surface area (Å²) in [6, 6.07) is 10.00. The number of para-hydroxylation sites is 1. The Bertz CT molecular complexity index is 1110. The number of fused-ring (bicyclic) bond motifs is 1. The molecule has 0 fully saturated rings. The van der Waals surface area contributed by atoms with Crippen molar-refractivity contribution in [1.82, 2.24) is 10.3 Å². The summed E-state index contributed by atoms with van der Waals surface area (Å²) in [7, 11) is 1.33. The molecule has 0 spiro atoms. The van der Waals surface area contributed by atoms with Gasteiger partial charge in [-0.3, -0.25) is 14.9 Å². The number of nitro benzene ring substituents is 1. The van der Waals surface area contributed by atoms with E-state index in [2.05, 4.69) is 10.3 Å². The number of amides is 1. The van der Waals surface area contributed by atoms with E-state index in [1.54, 1.807) is 18.3 Å². The van der Waals surface area contributed by atoms with Gasteiger partial charge in [-0.1, -0.05) is 12.1 Å². The Morgan fingerprint density at radius 1 is 1.22 bits per heavy atom. The number of nitrogens with one attached hydrogen (secondary N) is 1. The molecule has 0 aliphatic heterocycles. The molecule has 0 saturated heterocycles. The Morgan fingerprint density at radius 3 is 2.69 bits per heavy atom. The van der Waals surface area contributed by atoms with E-state index in [4.69, 9.17) is 14.2 Å². The third-order valence-corrected chi connectivity index (χ3v) is 5.43. The molecule has 2 aromatic carbocycles. The third-order valence-electron chi connectivity index (χ3n) is 4.33. The maximum absolute atomic E-state index is 12.4. The molecule has 0 aliphatic rings. The van der Waals surface area contributed by atoms with Gasteiger partial charge in [0, 0.05) is 19.0 Å². The molecule has 32 heavy (non-hydrogen) atoms. The van der Waals surface area contributed by atoms with Gasteiger partial charge in [-0.05, 0) is 19.1 Å². The number of esters is 1. The molecule has 3 aromatic rings. The predicted molar refractivity (Wildman–Crippen MR) is 117 cm³/mol. The van der Waals surface area contributed by atoms with Crippen LogP contribution in [0.25, 0.3) is 10.2 Å². The van der Waals surface area contributed by atoms with Crippen LogP contribution in [0, 0.1) is 10.1 Å². The first-order chi connectivity index (χ1) is 15.4. The highest BCUT2D eigenvalue weighted by Crippen LogP contribution is 2.35. The Hall–Kier alpha value is -3.73. The molecule has 1 N–H and O–H groups in total. The highest BCUT2D eigenvalue weighted by atomic mass is 32.1. The van der Waals surface area contributed by atoms with E-state index in [-0.39, 0.29) is 23.7 Å². The summed E-state index contributed by atoms with van der Waals surface area (Å²) in [5, 5.41) is 14.9. The van der Waals surface area contributed by atoms with Crippen LogP contribution in [0.2, 0.25) is 0 Å². The predicted octanol–water partition coefficient (Wildman–Crippen LogP) is 3.13. The molecule has 0 radical (unpaired) electrons. The average Bonchev–Trinajstić information content (AvgIpc) is 3.20. The standard InChI is InChI=1S/C21H21N3O7S/c1-3-30-17-10-13(15(24(27)28)11-16(17)29-2)21(26)31-12-19(25)22-9-8-20-23-14-6-4-5-7-18(14)32-20/h4-7,10-11H,3,8-9,12H2,1-2H3,(H,22,25). The molecule has 168 valence electrons. The number of methoxy groups -OCH3 is 1. The summed E-state index contributed by atoms with van der Waals surface area (Å²) in [5.41, 5.74) is 0.0633. The van der Waals surface area contributed by atoms with Crippen LogP contribution in [0.5, 0.6) is 11.5 Å². The van der Waals surface area contributed by atoms with Crippen LogP contribution in [0.1, 0.15) is 22.3 Å². The zero-order valence-electron chi connectivity index (χ0n) is 17.5. The van der Waals surface area contributed by atoms with Crippen LogP contribution < -0.4 is 14.8 Å². The molecule has 11 heteroatoms. The maximum Gasteiger partial charge on any atom is 0.345 e. The van der Waals surface area contributed by atoms with E-state index in [0.717, 1.165) is 21.3 Å². The fraction of sp³-hybridized carbons (Fsp3) is 0.286. The van der Waals surface area contributed by atoms with Crippen molar-refractivity contribution in [3.63, 3.8) is 0 Å². The Labute approximate surface area is 187 Å². The molecule has 1 amide bonds. The SMILES string of the molecule is CCOc1cc(C(=O)OCC(=O)NCCc2nc3ccccc3s2)c([N+](=O)[O-])cc1OC. The maximum atomic E-state index is 12.4. The first-order valence-electron chi connectivity index (χ1n) is 9.70. The van der Waals surface area contributed by atoms with Crippen molar-refractivity contribution in [2.75, 3.05) is 26.9 Å². The van der Waals surface area contributed by atoms with Crippen LogP contribution in [-0.2, 0) is 16.0 Å². The third kappa shape index (κ3) is 5.49. The molecular formula is C21H21N3O7S. The zero-order valence-corrected chi connectivity index (χ0v) is 18.3. The average molecular weight is 459 g/mol. The lowest BCUT2D eigenvalue weighted by Gasteiger charge is -2.11. The van der Waals surface area contributed by atoms with Crippen LogP contribution in [0.15, 0.2) is 36.4 Å². The van der Waals surface area contributed by atoms with Gasteiger partial charge in [0.1, 0.15) is 5.56 Å². The highest BCUT2D eigenvalue weighted by molar-refractivity contribution is 7.18. The summed E-state index contributed by atoms with van der Waals surface area (Å²) >= 11 is 1.54. The van der Waals surface area contributed by atoms with E-state index < -0.39 is 29.1 Å². The second-order valence-electron chi connectivity index (χ2n) is 6.46. The molecule has 0 saturated carbocycles. The molecule has 1 aromatic heterocycles. The highest BCUT2D eigenvalue weighted by Gasteiger charge is 2.26. The van der Waals surface area contributed by atoms with E-state index in [1.807, 2.05) is 24.3 Å². The first kappa shape index (κ1) is 22.9. The number of hydrogen-bond donors (Lipinski definition) is 1. The van der Waals surface area contributed by atoms with Crippen molar-refractivity contribution in [1.29, 1.82) is 0 Å². The number of thiazole rings is 1. The topological polar surface area (TPSA) is 130 Å². The number of ether oxygens (including phenoxy) is 3. The van der Waals surface area contributed by atoms with Gasteiger partial charge in [-0.25, -0.2) is 9.78 Å². The number of carbonyl (C=O) groups excluding carboxylic acids is 2. The molecule has 0 unspecified atom stereocenters. The molecule has 0 bridgehead atoms. The number of nitro groups is 1. The minimum absolute atomic E-state index is 0.114. The van der Waals surface area contributed by atoms with Gasteiger partial charge >= 0.3 is 5.97 Å². The Balaban J connectivity index is 1.57. The van der Waals surface area contributed by atoms with Crippen LogP contribution >= 0.6 is 11.3 Å². The number of carbonyl (C=O) groups is 2. The Kier molecular flexibility index (Phi) is 7.55. The van der Waals surface area contributed by atoms with Gasteiger partial charge in [0.05, 0.1) is 39.9 Å². The van der Waals surface area contributed by atoms with Crippen molar-refractivity contribution in [3.8, 4) is 11.5 Å². The lowest BCUT2D eigenvalue weighted by Crippen LogP contribution is -2.30. The lowest BCUT2D eigenvalue weighted by atomic mass is 10.1. The summed E-state index contributed by atoms with van der Waals surface area (Å²) in [4.78, 5) is 39.6. The van der Waals surface area contributed by atoms with Crippen molar-refractivity contribution in [2.24, 2.45) is 0 Å². The second kappa shape index (κ2) is 10.5. The normalized spacial score (nSPS) is 10.6. The van der Waals surface area contributed by atoms with Gasteiger partial charge in [0.2, 0.25) is 0 Å². The molecule has 3 rings (SSSR count). The quantitative estimate of drug-likeness (QED) is 0.278. The summed E-state index contributed by atoms with van der Waals surface area (Å²) in [6.07, 6.45) is 0.528. The summed E-state index contributed by atoms with van der Waals surface area (Å²) < 4.78 is 16.5. The van der Waals surface area contributed by atoms with Gasteiger partial charge in [0.15, 0.2) is 18.1 Å². The molecule has 0 aliphatic carbocycles.